The molecule has 90 valence electrons. The van der Waals surface area contributed by atoms with Crippen LogP contribution in [0.1, 0.15) is 32.6 Å². The second kappa shape index (κ2) is 4.63. The first-order valence-corrected chi connectivity index (χ1v) is 6.93. The molecule has 5 nitrogen and oxygen atoms in total. The van der Waals surface area contributed by atoms with Crippen molar-refractivity contribution in [1.29, 1.82) is 0 Å². The Balaban J connectivity index is 2.05. The van der Waals surface area contributed by atoms with Crippen LogP contribution in [0.2, 0.25) is 0 Å². The molecule has 1 atom stereocenters. The Kier molecular flexibility index (Phi) is 3.39. The summed E-state index contributed by atoms with van der Waals surface area (Å²) in [6, 6.07) is 0.592. The fourth-order valence-corrected chi connectivity index (χ4v) is 2.86. The van der Waals surface area contributed by atoms with Gasteiger partial charge < -0.3 is 0 Å². The van der Waals surface area contributed by atoms with Crippen molar-refractivity contribution in [2.75, 3.05) is 6.26 Å². The molecule has 1 heterocycles. The van der Waals surface area contributed by atoms with Crippen molar-refractivity contribution in [2.24, 2.45) is 5.10 Å². The Hall–Kier alpha value is -0.750. The molecule has 6 heteroatoms. The summed E-state index contributed by atoms with van der Waals surface area (Å²) in [7, 11) is 0. The average molecular weight is 243 g/mol. The summed E-state index contributed by atoms with van der Waals surface area (Å²) in [5.41, 5.74) is 3.54. The van der Waals surface area contributed by atoms with Crippen LogP contribution < -0.4 is 16.1 Å². The van der Waals surface area contributed by atoms with Crippen LogP contribution in [0.3, 0.4) is 0 Å². The number of thioether (sulfide) groups is 1. The number of rotatable bonds is 3. The van der Waals surface area contributed by atoms with Crippen molar-refractivity contribution in [3.05, 3.63) is 0 Å². The first kappa shape index (κ1) is 11.7. The third-order valence-electron chi connectivity index (χ3n) is 3.21. The molecule has 0 aromatic heterocycles. The van der Waals surface area contributed by atoms with Crippen LogP contribution >= 0.6 is 11.8 Å². The average Bonchev–Trinajstić information content (AvgIpc) is 2.76. The molecule has 0 unspecified atom stereocenters. The summed E-state index contributed by atoms with van der Waals surface area (Å²) in [6.45, 7) is 1.71. The van der Waals surface area contributed by atoms with Crippen molar-refractivity contribution in [3.63, 3.8) is 0 Å². The van der Waals surface area contributed by atoms with Gasteiger partial charge in [0.05, 0.1) is 6.04 Å². The molecule has 1 fully saturated rings. The third kappa shape index (κ3) is 2.32. The number of amides is 1. The van der Waals surface area contributed by atoms with E-state index in [0.717, 1.165) is 0 Å². The number of nitrogens with one attached hydrogen (secondary N) is 2. The zero-order valence-electron chi connectivity index (χ0n) is 9.75. The van der Waals surface area contributed by atoms with E-state index in [2.05, 4.69) is 21.2 Å². The van der Waals surface area contributed by atoms with Gasteiger partial charge in [-0.05, 0) is 50.6 Å². The molecular weight excluding hydrogens is 224 g/mol. The van der Waals surface area contributed by atoms with Crippen molar-refractivity contribution < 1.29 is 10.1 Å². The zero-order valence-corrected chi connectivity index (χ0v) is 10.6. The Labute approximate surface area is 99.8 Å². The number of nitrogens with two attached hydrogens (primary N) is 1. The van der Waals surface area contributed by atoms with Crippen LogP contribution in [-0.4, -0.2) is 29.0 Å². The quantitative estimate of drug-likeness (QED) is 0.589. The highest BCUT2D eigenvalue weighted by molar-refractivity contribution is 7.99. The summed E-state index contributed by atoms with van der Waals surface area (Å²) in [4.78, 5) is 11.6. The van der Waals surface area contributed by atoms with Crippen LogP contribution in [0, 0.1) is 0 Å². The molecule has 16 heavy (non-hydrogen) atoms. The third-order valence-corrected chi connectivity index (χ3v) is 4.18. The normalized spacial score (nSPS) is 30.9. The SMILES string of the molecule is CS[C@]1([NH2+]C2CCCC2)NN=C(C)C(=O)N1. The maximum absolute atomic E-state index is 11.6. The molecule has 1 amide bonds. The van der Waals surface area contributed by atoms with Gasteiger partial charge >= 0.3 is 5.12 Å². The second-order valence-electron chi connectivity index (χ2n) is 4.41. The van der Waals surface area contributed by atoms with Gasteiger partial charge in [-0.1, -0.05) is 0 Å². The summed E-state index contributed by atoms with van der Waals surface area (Å²) in [5.74, 6) is -0.0812. The monoisotopic (exact) mass is 243 g/mol. The highest BCUT2D eigenvalue weighted by Crippen LogP contribution is 2.17. The van der Waals surface area contributed by atoms with Gasteiger partial charge in [0.1, 0.15) is 5.71 Å². The number of hydrazone groups is 1. The lowest BCUT2D eigenvalue weighted by atomic mass is 10.2. The van der Waals surface area contributed by atoms with Crippen LogP contribution in [0.25, 0.3) is 0 Å². The molecule has 0 radical (unpaired) electrons. The van der Waals surface area contributed by atoms with E-state index in [0.29, 0.717) is 11.8 Å². The molecule has 1 saturated carbocycles. The van der Waals surface area contributed by atoms with Crippen LogP contribution in [0.15, 0.2) is 5.10 Å². The summed E-state index contributed by atoms with van der Waals surface area (Å²) < 4.78 is 0. The maximum atomic E-state index is 11.6. The second-order valence-corrected chi connectivity index (χ2v) is 5.47. The van der Waals surface area contributed by atoms with Gasteiger partial charge in [-0.25, -0.2) is 5.43 Å². The van der Waals surface area contributed by atoms with Gasteiger partial charge in [0.2, 0.25) is 0 Å². The smallest absolute Gasteiger partial charge is 0.293 e. The van der Waals surface area contributed by atoms with Crippen LogP contribution in [-0.2, 0) is 4.79 Å². The number of hydrogen-bond donors (Lipinski definition) is 3. The lowest BCUT2D eigenvalue weighted by Gasteiger charge is -2.34. The van der Waals surface area contributed by atoms with E-state index in [9.17, 15) is 4.79 Å². The van der Waals surface area contributed by atoms with E-state index in [-0.39, 0.29) is 5.91 Å². The van der Waals surface area contributed by atoms with Gasteiger partial charge in [0, 0.05) is 0 Å². The molecule has 0 aromatic carbocycles. The molecule has 0 saturated heterocycles. The van der Waals surface area contributed by atoms with E-state index in [4.69, 9.17) is 0 Å². The van der Waals surface area contributed by atoms with Crippen molar-refractivity contribution in [1.82, 2.24) is 10.7 Å². The Bertz CT molecular complexity index is 314. The number of quaternary nitrogens is 1. The standard InChI is InChI=1S/C10H18N4OS/c1-7-9(15)12-10(16-2,14-13-7)11-8-5-3-4-6-8/h8,11,14H,3-6H2,1-2H3,(H,12,15)/p+1/t10-/m0/s1. The summed E-state index contributed by atoms with van der Waals surface area (Å²) >= 11 is 1.58. The fourth-order valence-electron chi connectivity index (χ4n) is 2.20. The summed E-state index contributed by atoms with van der Waals surface area (Å²) in [6.07, 6.45) is 7.02. The van der Waals surface area contributed by atoms with E-state index < -0.39 is 5.12 Å². The molecule has 1 aliphatic heterocycles. The highest BCUT2D eigenvalue weighted by Gasteiger charge is 2.41. The van der Waals surface area contributed by atoms with E-state index in [1.165, 1.54) is 25.7 Å². The highest BCUT2D eigenvalue weighted by atomic mass is 32.2. The number of carbonyl (C=O) groups excluding carboxylic acids is 1. The molecule has 1 aliphatic carbocycles. The molecule has 0 spiro atoms. The lowest BCUT2D eigenvalue weighted by molar-refractivity contribution is -0.741. The van der Waals surface area contributed by atoms with Gasteiger partial charge in [-0.15, -0.1) is 0 Å². The zero-order chi connectivity index (χ0) is 11.6. The minimum absolute atomic E-state index is 0.0812. The Morgan fingerprint density at radius 2 is 2.19 bits per heavy atom. The van der Waals surface area contributed by atoms with Gasteiger partial charge in [0.15, 0.2) is 0 Å². The van der Waals surface area contributed by atoms with E-state index in [1.807, 2.05) is 6.26 Å². The number of hydrogen-bond acceptors (Lipinski definition) is 4. The predicted molar refractivity (Wildman–Crippen MR) is 64.8 cm³/mol. The molecule has 0 aromatic rings. The largest absolute Gasteiger partial charge is 0.316 e. The maximum Gasteiger partial charge on any atom is 0.316 e. The van der Waals surface area contributed by atoms with E-state index >= 15 is 0 Å². The molecule has 4 N–H and O–H groups in total. The van der Waals surface area contributed by atoms with Crippen LogP contribution in [0.4, 0.5) is 0 Å². The summed E-state index contributed by atoms with van der Waals surface area (Å²) in [5, 5.41) is 8.76. The lowest BCUT2D eigenvalue weighted by Crippen LogP contribution is -3.06. The van der Waals surface area contributed by atoms with Gasteiger partial charge in [0.25, 0.3) is 5.91 Å². The van der Waals surface area contributed by atoms with E-state index in [1.54, 1.807) is 18.7 Å². The Morgan fingerprint density at radius 1 is 1.50 bits per heavy atom. The van der Waals surface area contributed by atoms with Crippen molar-refractivity contribution in [2.45, 2.75) is 43.8 Å². The first-order chi connectivity index (χ1) is 7.65. The van der Waals surface area contributed by atoms with Crippen molar-refractivity contribution in [3.8, 4) is 0 Å². The number of nitrogens with zero attached hydrogens (tertiary/aromatic N) is 1. The molecule has 0 bridgehead atoms. The van der Waals surface area contributed by atoms with Crippen molar-refractivity contribution >= 4 is 23.4 Å². The minimum Gasteiger partial charge on any atom is -0.293 e. The minimum atomic E-state index is -0.508. The van der Waals surface area contributed by atoms with Gasteiger partial charge in [-0.2, -0.15) is 5.10 Å². The Morgan fingerprint density at radius 3 is 2.75 bits per heavy atom. The van der Waals surface area contributed by atoms with Crippen LogP contribution in [0.5, 0.6) is 0 Å². The number of carbonyl (C=O) groups is 1. The molecule has 2 aliphatic rings. The van der Waals surface area contributed by atoms with Gasteiger partial charge in [-0.3, -0.25) is 15.4 Å². The predicted octanol–water partition coefficient (Wildman–Crippen LogP) is -0.438. The topological polar surface area (TPSA) is 70.1 Å². The molecule has 2 rings (SSSR count). The molecular formula is C10H19N4OS+. The first-order valence-electron chi connectivity index (χ1n) is 5.70. The fraction of sp³-hybridized carbons (Fsp3) is 0.800.